The van der Waals surface area contributed by atoms with Crippen LogP contribution in [0.4, 0.5) is 0 Å². The van der Waals surface area contributed by atoms with Crippen LogP contribution >= 0.6 is 11.6 Å². The summed E-state index contributed by atoms with van der Waals surface area (Å²) in [5.74, 6) is -4.34. The molecule has 262 valence electrons. The Kier molecular flexibility index (Phi) is 12.6. The zero-order chi connectivity index (χ0) is 35.7. The maximum Gasteiger partial charge on any atom is 0.329 e. The Morgan fingerprint density at radius 2 is 1.78 bits per heavy atom. The van der Waals surface area contributed by atoms with E-state index in [1.165, 1.54) is 18.2 Å². The maximum atomic E-state index is 14.4. The highest BCUT2D eigenvalue weighted by Crippen LogP contribution is 2.24. The van der Waals surface area contributed by atoms with Gasteiger partial charge in [-0.05, 0) is 53.3 Å². The number of likely N-dealkylation sites (tertiary alicyclic amines) is 1. The van der Waals surface area contributed by atoms with E-state index in [-0.39, 0.29) is 28.3 Å². The van der Waals surface area contributed by atoms with E-state index in [4.69, 9.17) is 27.5 Å². The molecule has 49 heavy (non-hydrogen) atoms. The minimum Gasteiger partial charge on any atom is -0.481 e. The van der Waals surface area contributed by atoms with Gasteiger partial charge in [0, 0.05) is 31.2 Å². The van der Waals surface area contributed by atoms with Crippen molar-refractivity contribution < 1.29 is 37.4 Å². The Morgan fingerprint density at radius 1 is 1.08 bits per heavy atom. The van der Waals surface area contributed by atoms with Crippen LogP contribution in [-0.4, -0.2) is 91.9 Å². The molecule has 1 aliphatic heterocycles. The van der Waals surface area contributed by atoms with Crippen molar-refractivity contribution >= 4 is 62.1 Å². The van der Waals surface area contributed by atoms with E-state index >= 15 is 0 Å². The second kappa shape index (κ2) is 16.6. The minimum absolute atomic E-state index is 0.0546. The van der Waals surface area contributed by atoms with Crippen molar-refractivity contribution in [2.75, 3.05) is 26.7 Å². The van der Waals surface area contributed by atoms with Crippen LogP contribution < -0.4 is 15.8 Å². The topological polar surface area (TPSA) is 212 Å². The summed E-state index contributed by atoms with van der Waals surface area (Å²) in [7, 11) is -3.43. The quantitative estimate of drug-likeness (QED) is 0.0934. The maximum absolute atomic E-state index is 14.4. The predicted octanol–water partition coefficient (Wildman–Crippen LogP) is 2.30. The van der Waals surface area contributed by atoms with Gasteiger partial charge >= 0.3 is 11.9 Å². The summed E-state index contributed by atoms with van der Waals surface area (Å²) in [6, 6.07) is 14.4. The third kappa shape index (κ3) is 9.90. The molecular formula is C33H39ClN6O8S. The van der Waals surface area contributed by atoms with Gasteiger partial charge in [-0.2, -0.15) is 4.72 Å². The third-order valence-corrected chi connectivity index (χ3v) is 10.1. The highest BCUT2D eigenvalue weighted by Gasteiger charge is 2.39. The number of sulfonamides is 1. The Hall–Kier alpha value is -4.73. The molecule has 0 bridgehead atoms. The second-order valence-corrected chi connectivity index (χ2v) is 13.8. The van der Waals surface area contributed by atoms with Crippen molar-refractivity contribution in [3.05, 3.63) is 77.3 Å². The smallest absolute Gasteiger partial charge is 0.329 e. The van der Waals surface area contributed by atoms with Crippen molar-refractivity contribution in [1.29, 1.82) is 5.41 Å². The number of halogens is 1. The summed E-state index contributed by atoms with van der Waals surface area (Å²) >= 11 is 6.37. The molecule has 16 heteroatoms. The number of methoxy groups -OCH3 is 1. The first-order chi connectivity index (χ1) is 23.3. The largest absolute Gasteiger partial charge is 0.481 e. The van der Waals surface area contributed by atoms with Crippen LogP contribution in [-0.2, 0) is 40.5 Å². The van der Waals surface area contributed by atoms with Crippen molar-refractivity contribution in [3.63, 3.8) is 0 Å². The van der Waals surface area contributed by atoms with Gasteiger partial charge in [-0.15, -0.1) is 0 Å². The highest BCUT2D eigenvalue weighted by molar-refractivity contribution is 7.89. The van der Waals surface area contributed by atoms with Crippen LogP contribution in [0.2, 0.25) is 5.02 Å². The number of benzene rings is 3. The van der Waals surface area contributed by atoms with Crippen LogP contribution in [0.25, 0.3) is 10.8 Å². The summed E-state index contributed by atoms with van der Waals surface area (Å²) in [5.41, 5.74) is 5.97. The summed E-state index contributed by atoms with van der Waals surface area (Å²) < 4.78 is 34.8. The number of nitrogens with one attached hydrogen (secondary N) is 3. The number of fused-ring (bicyclic) bond motifs is 1. The van der Waals surface area contributed by atoms with Gasteiger partial charge in [0.1, 0.15) is 12.1 Å². The number of guanidine groups is 1. The van der Waals surface area contributed by atoms with Crippen LogP contribution in [0, 0.1) is 11.3 Å². The molecule has 1 saturated heterocycles. The number of carbonyl (C=O) groups is 4. The summed E-state index contributed by atoms with van der Waals surface area (Å²) in [6.07, 6.45) is -0.0484. The highest BCUT2D eigenvalue weighted by atomic mass is 35.5. The van der Waals surface area contributed by atoms with E-state index < -0.39 is 65.2 Å². The number of nitrogens with two attached hydrogens (primary N) is 1. The van der Waals surface area contributed by atoms with E-state index in [0.29, 0.717) is 24.0 Å². The summed E-state index contributed by atoms with van der Waals surface area (Å²) in [6.45, 7) is 0.832. The minimum atomic E-state index is -4.46. The fourth-order valence-electron chi connectivity index (χ4n) is 5.71. The van der Waals surface area contributed by atoms with Crippen LogP contribution in [0.5, 0.6) is 0 Å². The van der Waals surface area contributed by atoms with Gasteiger partial charge in [-0.3, -0.25) is 19.8 Å². The Labute approximate surface area is 289 Å². The van der Waals surface area contributed by atoms with Gasteiger partial charge in [0.05, 0.1) is 24.8 Å². The molecule has 1 aliphatic rings. The number of hydrogen-bond donors (Lipinski definition) is 5. The van der Waals surface area contributed by atoms with Crippen LogP contribution in [0.3, 0.4) is 0 Å². The van der Waals surface area contributed by atoms with Crippen molar-refractivity contribution in [2.24, 2.45) is 11.7 Å². The standard InChI is InChI=1S/C33H39ClN6O8S/c1-48-32(45)28(17-30(42)43)40(20-24-10-4-5-11-26(24)34)31(44)27(16-29(41)37-18-21-7-6-14-39(19-21)33(35)36)38-49(46,47)25-13-12-22-8-2-3-9-23(22)15-25/h2-5,8-13,15,21,27-28,38H,6-7,14,16-20H2,1H3,(H3,35,36)(H,37,41)(H,42,43)/t21-,27-,28?/m0/s1. The van der Waals surface area contributed by atoms with Gasteiger partial charge < -0.3 is 30.7 Å². The number of nitrogens with zero attached hydrogens (tertiary/aromatic N) is 2. The monoisotopic (exact) mass is 714 g/mol. The van der Waals surface area contributed by atoms with Crippen LogP contribution in [0.15, 0.2) is 71.6 Å². The third-order valence-electron chi connectivity index (χ3n) is 8.26. The number of esters is 1. The molecule has 14 nitrogen and oxygen atoms in total. The number of ether oxygens (including phenoxy) is 1. The average molecular weight is 715 g/mol. The number of amides is 2. The molecule has 0 aromatic heterocycles. The zero-order valence-electron chi connectivity index (χ0n) is 26.8. The number of rotatable bonds is 14. The lowest BCUT2D eigenvalue weighted by molar-refractivity contribution is -0.158. The van der Waals surface area contributed by atoms with Crippen molar-refractivity contribution in [1.82, 2.24) is 19.8 Å². The van der Waals surface area contributed by atoms with E-state index in [9.17, 15) is 32.7 Å². The Morgan fingerprint density at radius 3 is 2.45 bits per heavy atom. The summed E-state index contributed by atoms with van der Waals surface area (Å²) in [5, 5.41) is 21.7. The molecule has 0 radical (unpaired) electrons. The first kappa shape index (κ1) is 37.1. The van der Waals surface area contributed by atoms with Crippen molar-refractivity contribution in [3.8, 4) is 0 Å². The molecule has 3 atom stereocenters. The van der Waals surface area contributed by atoms with Gasteiger partial charge in [-0.25, -0.2) is 13.2 Å². The molecule has 1 unspecified atom stereocenters. The molecule has 4 rings (SSSR count). The van der Waals surface area contributed by atoms with E-state index in [2.05, 4.69) is 10.0 Å². The van der Waals surface area contributed by atoms with Crippen LogP contribution in [0.1, 0.15) is 31.2 Å². The number of carbonyl (C=O) groups excluding carboxylic acids is 3. The number of carboxylic acid groups (broad SMARTS) is 1. The lowest BCUT2D eigenvalue weighted by atomic mass is 9.98. The lowest BCUT2D eigenvalue weighted by Crippen LogP contribution is -2.55. The lowest BCUT2D eigenvalue weighted by Gasteiger charge is -2.33. The van der Waals surface area contributed by atoms with Gasteiger partial charge in [0.25, 0.3) is 0 Å². The summed E-state index contributed by atoms with van der Waals surface area (Å²) in [4.78, 5) is 55.0. The first-order valence-electron chi connectivity index (χ1n) is 15.5. The van der Waals surface area contributed by atoms with E-state index in [0.717, 1.165) is 30.2 Å². The molecular weight excluding hydrogens is 676 g/mol. The number of aliphatic carboxylic acids is 1. The number of hydrogen-bond acceptors (Lipinski definition) is 8. The Balaban J connectivity index is 1.69. The SMILES string of the molecule is COC(=O)C(CC(=O)O)N(Cc1ccccc1Cl)C(=O)[C@H](CC(=O)NC[C@@H]1CCCN(C(=N)N)C1)NS(=O)(=O)c1ccc2ccccc2c1. The second-order valence-electron chi connectivity index (χ2n) is 11.7. The molecule has 1 fully saturated rings. The molecule has 6 N–H and O–H groups in total. The molecule has 2 amide bonds. The van der Waals surface area contributed by atoms with Gasteiger partial charge in [0.15, 0.2) is 5.96 Å². The van der Waals surface area contributed by atoms with Gasteiger partial charge in [-0.1, -0.05) is 60.1 Å². The predicted molar refractivity (Wildman–Crippen MR) is 182 cm³/mol. The zero-order valence-corrected chi connectivity index (χ0v) is 28.4. The van der Waals surface area contributed by atoms with E-state index in [1.54, 1.807) is 53.4 Å². The molecule has 0 saturated carbocycles. The Bertz CT molecular complexity index is 1820. The van der Waals surface area contributed by atoms with Gasteiger partial charge in [0.2, 0.25) is 21.8 Å². The van der Waals surface area contributed by atoms with E-state index in [1.807, 2.05) is 0 Å². The molecule has 3 aromatic rings. The van der Waals surface area contributed by atoms with Crippen molar-refractivity contribution in [2.45, 2.75) is 49.2 Å². The molecule has 0 aliphatic carbocycles. The average Bonchev–Trinajstić information content (AvgIpc) is 3.08. The molecule has 0 spiro atoms. The first-order valence-corrected chi connectivity index (χ1v) is 17.4. The molecule has 3 aromatic carbocycles. The fraction of sp³-hybridized carbons (Fsp3) is 0.364. The normalized spacial score (nSPS) is 16.0. The number of carboxylic acids is 1. The fourth-order valence-corrected chi connectivity index (χ4v) is 7.13. The number of piperidine rings is 1. The molecule has 1 heterocycles.